The predicted molar refractivity (Wildman–Crippen MR) is 57.8 cm³/mol. The Balaban J connectivity index is 2.60. The highest BCUT2D eigenvalue weighted by molar-refractivity contribution is 5.83. The molecular weight excluding hydrogens is 225 g/mol. The number of aromatic carboxylic acids is 1. The molecule has 0 atom stereocenters. The van der Waals surface area contributed by atoms with Gasteiger partial charge in [0.05, 0.1) is 5.69 Å². The standard InChI is InChI=1S/C11H10FN3O2/c1-6-3-4-8(12)5-9(6)15-7(2)13-10(14-15)11(16)17/h3-5H,1-2H3,(H,16,17). The van der Waals surface area contributed by atoms with Crippen molar-refractivity contribution >= 4 is 5.97 Å². The van der Waals surface area contributed by atoms with Gasteiger partial charge < -0.3 is 5.11 Å². The summed E-state index contributed by atoms with van der Waals surface area (Å²) in [7, 11) is 0. The SMILES string of the molecule is Cc1ccc(F)cc1-n1nc(C(=O)O)nc1C. The number of hydrogen-bond acceptors (Lipinski definition) is 3. The van der Waals surface area contributed by atoms with Crippen LogP contribution in [-0.2, 0) is 0 Å². The molecule has 0 aliphatic heterocycles. The van der Waals surface area contributed by atoms with Crippen LogP contribution in [-0.4, -0.2) is 25.8 Å². The zero-order valence-electron chi connectivity index (χ0n) is 9.31. The van der Waals surface area contributed by atoms with E-state index in [9.17, 15) is 9.18 Å². The highest BCUT2D eigenvalue weighted by atomic mass is 19.1. The third-order valence-electron chi connectivity index (χ3n) is 2.36. The molecule has 17 heavy (non-hydrogen) atoms. The molecule has 2 rings (SSSR count). The second kappa shape index (κ2) is 3.97. The van der Waals surface area contributed by atoms with Gasteiger partial charge in [-0.25, -0.2) is 18.9 Å². The first-order valence-electron chi connectivity index (χ1n) is 4.92. The van der Waals surface area contributed by atoms with Gasteiger partial charge in [-0.3, -0.25) is 0 Å². The lowest BCUT2D eigenvalue weighted by molar-refractivity contribution is 0.0683. The smallest absolute Gasteiger partial charge is 0.375 e. The highest BCUT2D eigenvalue weighted by Gasteiger charge is 2.15. The first kappa shape index (κ1) is 11.3. The summed E-state index contributed by atoms with van der Waals surface area (Å²) in [6.45, 7) is 3.40. The van der Waals surface area contributed by atoms with E-state index in [2.05, 4.69) is 10.1 Å². The van der Waals surface area contributed by atoms with E-state index >= 15 is 0 Å². The maximum absolute atomic E-state index is 13.2. The summed E-state index contributed by atoms with van der Waals surface area (Å²) >= 11 is 0. The first-order chi connectivity index (χ1) is 7.99. The van der Waals surface area contributed by atoms with Gasteiger partial charge in [0.15, 0.2) is 0 Å². The highest BCUT2D eigenvalue weighted by Crippen LogP contribution is 2.16. The molecule has 88 valence electrons. The Kier molecular flexibility index (Phi) is 2.63. The summed E-state index contributed by atoms with van der Waals surface area (Å²) in [6, 6.07) is 4.23. The summed E-state index contributed by atoms with van der Waals surface area (Å²) in [6.07, 6.45) is 0. The number of carbonyl (C=O) groups is 1. The van der Waals surface area contributed by atoms with E-state index in [0.29, 0.717) is 11.5 Å². The number of benzene rings is 1. The Morgan fingerprint density at radius 1 is 1.41 bits per heavy atom. The minimum Gasteiger partial charge on any atom is -0.475 e. The zero-order valence-corrected chi connectivity index (χ0v) is 9.31. The van der Waals surface area contributed by atoms with Gasteiger partial charge in [0.1, 0.15) is 11.6 Å². The van der Waals surface area contributed by atoms with Crippen molar-refractivity contribution in [1.29, 1.82) is 0 Å². The van der Waals surface area contributed by atoms with Gasteiger partial charge in [-0.2, -0.15) is 0 Å². The van der Waals surface area contributed by atoms with Crippen molar-refractivity contribution in [2.45, 2.75) is 13.8 Å². The van der Waals surface area contributed by atoms with Crippen molar-refractivity contribution in [3.05, 3.63) is 41.2 Å². The fraction of sp³-hybridized carbons (Fsp3) is 0.182. The van der Waals surface area contributed by atoms with Gasteiger partial charge in [0.2, 0.25) is 0 Å². The van der Waals surface area contributed by atoms with Crippen LogP contribution in [0.4, 0.5) is 4.39 Å². The number of rotatable bonds is 2. The summed E-state index contributed by atoms with van der Waals surface area (Å²) in [5.74, 6) is -1.51. The van der Waals surface area contributed by atoms with Gasteiger partial charge in [-0.15, -0.1) is 5.10 Å². The molecule has 0 fully saturated rings. The van der Waals surface area contributed by atoms with Crippen molar-refractivity contribution in [3.63, 3.8) is 0 Å². The topological polar surface area (TPSA) is 68.0 Å². The molecule has 0 saturated heterocycles. The van der Waals surface area contributed by atoms with E-state index in [0.717, 1.165) is 5.56 Å². The van der Waals surface area contributed by atoms with Crippen molar-refractivity contribution in [3.8, 4) is 5.69 Å². The fourth-order valence-electron chi connectivity index (χ4n) is 1.52. The molecule has 6 heteroatoms. The lowest BCUT2D eigenvalue weighted by Gasteiger charge is -2.06. The molecule has 0 amide bonds. The lowest BCUT2D eigenvalue weighted by atomic mass is 10.2. The third-order valence-corrected chi connectivity index (χ3v) is 2.36. The van der Waals surface area contributed by atoms with Crippen molar-refractivity contribution in [2.75, 3.05) is 0 Å². The van der Waals surface area contributed by atoms with Crippen LogP contribution >= 0.6 is 0 Å². The number of carboxylic acids is 1. The van der Waals surface area contributed by atoms with E-state index in [1.165, 1.54) is 16.8 Å². The molecular formula is C11H10FN3O2. The average Bonchev–Trinajstić information content (AvgIpc) is 2.64. The summed E-state index contributed by atoms with van der Waals surface area (Å²) in [5, 5.41) is 12.6. The van der Waals surface area contributed by atoms with E-state index in [4.69, 9.17) is 5.11 Å². The minimum atomic E-state index is -1.21. The Labute approximate surface area is 96.5 Å². The largest absolute Gasteiger partial charge is 0.475 e. The summed E-state index contributed by atoms with van der Waals surface area (Å²) in [5.41, 5.74) is 1.28. The monoisotopic (exact) mass is 235 g/mol. The molecule has 1 N–H and O–H groups in total. The van der Waals surface area contributed by atoms with Crippen LogP contribution in [0.2, 0.25) is 0 Å². The molecule has 1 aromatic carbocycles. The van der Waals surface area contributed by atoms with Gasteiger partial charge in [0, 0.05) is 0 Å². The van der Waals surface area contributed by atoms with E-state index in [1.807, 2.05) is 0 Å². The van der Waals surface area contributed by atoms with Gasteiger partial charge >= 0.3 is 5.97 Å². The number of nitrogens with zero attached hydrogens (tertiary/aromatic N) is 3. The van der Waals surface area contributed by atoms with E-state index < -0.39 is 11.8 Å². The van der Waals surface area contributed by atoms with Crippen LogP contribution in [0.1, 0.15) is 22.0 Å². The number of hydrogen-bond donors (Lipinski definition) is 1. The van der Waals surface area contributed by atoms with Crippen LogP contribution in [0, 0.1) is 19.7 Å². The van der Waals surface area contributed by atoms with Crippen LogP contribution in [0.3, 0.4) is 0 Å². The van der Waals surface area contributed by atoms with Gasteiger partial charge in [-0.05, 0) is 31.5 Å². The third kappa shape index (κ3) is 2.01. The van der Waals surface area contributed by atoms with Crippen LogP contribution < -0.4 is 0 Å². The van der Waals surface area contributed by atoms with Crippen molar-refractivity contribution in [1.82, 2.24) is 14.8 Å². The molecule has 2 aromatic rings. The molecule has 1 heterocycles. The molecule has 0 bridgehead atoms. The quantitative estimate of drug-likeness (QED) is 0.860. The maximum Gasteiger partial charge on any atom is 0.375 e. The average molecular weight is 235 g/mol. The van der Waals surface area contributed by atoms with E-state index in [1.54, 1.807) is 19.9 Å². The molecule has 0 unspecified atom stereocenters. The summed E-state index contributed by atoms with van der Waals surface area (Å²) in [4.78, 5) is 14.5. The molecule has 0 radical (unpaired) electrons. The molecule has 5 nitrogen and oxygen atoms in total. The maximum atomic E-state index is 13.2. The molecule has 0 aliphatic rings. The predicted octanol–water partition coefficient (Wildman–Crippen LogP) is 1.72. The molecule has 0 aliphatic carbocycles. The van der Waals surface area contributed by atoms with Gasteiger partial charge in [0.25, 0.3) is 5.82 Å². The molecule has 0 saturated carbocycles. The molecule has 0 spiro atoms. The zero-order chi connectivity index (χ0) is 12.6. The normalized spacial score (nSPS) is 10.5. The van der Waals surface area contributed by atoms with Gasteiger partial charge in [-0.1, -0.05) is 6.07 Å². The first-order valence-corrected chi connectivity index (χ1v) is 4.92. The fourth-order valence-corrected chi connectivity index (χ4v) is 1.52. The molecule has 1 aromatic heterocycles. The Hall–Kier alpha value is -2.24. The number of aryl methyl sites for hydroxylation is 2. The van der Waals surface area contributed by atoms with Crippen LogP contribution in [0.5, 0.6) is 0 Å². The minimum absolute atomic E-state index is 0.300. The van der Waals surface area contributed by atoms with E-state index in [-0.39, 0.29) is 5.82 Å². The summed E-state index contributed by atoms with van der Waals surface area (Å²) < 4.78 is 14.5. The van der Waals surface area contributed by atoms with Crippen molar-refractivity contribution in [2.24, 2.45) is 0 Å². The second-order valence-corrected chi connectivity index (χ2v) is 3.63. The number of carboxylic acid groups (broad SMARTS) is 1. The van der Waals surface area contributed by atoms with Crippen LogP contribution in [0.25, 0.3) is 5.69 Å². The second-order valence-electron chi connectivity index (χ2n) is 3.63. The Bertz CT molecular complexity index is 592. The Morgan fingerprint density at radius 2 is 2.12 bits per heavy atom. The number of halogens is 1. The van der Waals surface area contributed by atoms with Crippen molar-refractivity contribution < 1.29 is 14.3 Å². The Morgan fingerprint density at radius 3 is 2.71 bits per heavy atom. The van der Waals surface area contributed by atoms with Crippen LogP contribution in [0.15, 0.2) is 18.2 Å². The lowest BCUT2D eigenvalue weighted by Crippen LogP contribution is -2.04. The number of aromatic nitrogens is 3.